The first kappa shape index (κ1) is 18.3. The van der Waals surface area contributed by atoms with E-state index < -0.39 is 32.3 Å². The lowest BCUT2D eigenvalue weighted by atomic mass is 10.1. The Kier molecular flexibility index (Phi) is 5.70. The summed E-state index contributed by atoms with van der Waals surface area (Å²) < 4.78 is 63.8. The SMILES string of the molecule is CSC[C@](C)(O)CNS(=O)(=O)c1cccc(C(F)(F)F)c1. The highest BCUT2D eigenvalue weighted by Gasteiger charge is 2.32. The highest BCUT2D eigenvalue weighted by Crippen LogP contribution is 2.30. The van der Waals surface area contributed by atoms with Crippen LogP contribution >= 0.6 is 11.8 Å². The Morgan fingerprint density at radius 2 is 1.95 bits per heavy atom. The van der Waals surface area contributed by atoms with E-state index in [1.807, 2.05) is 0 Å². The quantitative estimate of drug-likeness (QED) is 0.830. The van der Waals surface area contributed by atoms with Gasteiger partial charge in [0.1, 0.15) is 0 Å². The number of hydrogen-bond acceptors (Lipinski definition) is 4. The summed E-state index contributed by atoms with van der Waals surface area (Å²) >= 11 is 1.33. The lowest BCUT2D eigenvalue weighted by Gasteiger charge is -2.22. The minimum Gasteiger partial charge on any atom is -0.388 e. The third kappa shape index (κ3) is 5.50. The number of nitrogens with one attached hydrogen (secondary N) is 1. The van der Waals surface area contributed by atoms with E-state index in [4.69, 9.17) is 0 Å². The van der Waals surface area contributed by atoms with Crippen molar-refractivity contribution in [2.45, 2.75) is 23.6 Å². The Balaban J connectivity index is 2.94. The molecule has 1 rings (SSSR count). The molecule has 120 valence electrons. The number of aliphatic hydroxyl groups is 1. The summed E-state index contributed by atoms with van der Waals surface area (Å²) in [5.41, 5.74) is -2.32. The maximum atomic E-state index is 12.6. The third-order valence-electron chi connectivity index (χ3n) is 2.57. The molecular formula is C12H16F3NO3S2. The molecule has 0 aliphatic rings. The van der Waals surface area contributed by atoms with Crippen LogP contribution in [0, 0.1) is 0 Å². The molecule has 2 N–H and O–H groups in total. The van der Waals surface area contributed by atoms with Crippen molar-refractivity contribution in [2.75, 3.05) is 18.6 Å². The van der Waals surface area contributed by atoms with Crippen LogP contribution in [-0.4, -0.2) is 37.7 Å². The Hall–Kier alpha value is -0.770. The van der Waals surface area contributed by atoms with Gasteiger partial charge in [-0.1, -0.05) is 6.07 Å². The molecular weight excluding hydrogens is 327 g/mol. The van der Waals surface area contributed by atoms with Gasteiger partial charge in [0.25, 0.3) is 0 Å². The standard InChI is InChI=1S/C12H16F3NO3S2/c1-11(17,8-20-2)7-16-21(18,19)10-5-3-4-9(6-10)12(13,14)15/h3-6,16-17H,7-8H2,1-2H3/t11-/m1/s1. The Labute approximate surface area is 125 Å². The molecule has 9 heteroatoms. The van der Waals surface area contributed by atoms with Crippen LogP contribution in [0.4, 0.5) is 13.2 Å². The number of alkyl halides is 3. The zero-order chi connectivity index (χ0) is 16.3. The van der Waals surface area contributed by atoms with E-state index in [1.54, 1.807) is 6.26 Å². The first-order valence-electron chi connectivity index (χ1n) is 5.86. The van der Waals surface area contributed by atoms with Crippen molar-refractivity contribution in [3.05, 3.63) is 29.8 Å². The summed E-state index contributed by atoms with van der Waals surface area (Å²) in [6.07, 6.45) is -2.87. The second-order valence-electron chi connectivity index (χ2n) is 4.78. The maximum absolute atomic E-state index is 12.6. The average molecular weight is 343 g/mol. The van der Waals surface area contributed by atoms with Gasteiger partial charge in [-0.25, -0.2) is 13.1 Å². The van der Waals surface area contributed by atoms with Gasteiger partial charge in [-0.3, -0.25) is 0 Å². The Morgan fingerprint density at radius 3 is 2.48 bits per heavy atom. The van der Waals surface area contributed by atoms with Crippen LogP contribution in [-0.2, 0) is 16.2 Å². The molecule has 1 aromatic rings. The number of halogens is 3. The van der Waals surface area contributed by atoms with Crippen molar-refractivity contribution < 1.29 is 26.7 Å². The van der Waals surface area contributed by atoms with E-state index in [9.17, 15) is 26.7 Å². The maximum Gasteiger partial charge on any atom is 0.416 e. The van der Waals surface area contributed by atoms with Gasteiger partial charge in [-0.2, -0.15) is 24.9 Å². The number of thioether (sulfide) groups is 1. The van der Waals surface area contributed by atoms with Crippen molar-refractivity contribution in [3.63, 3.8) is 0 Å². The van der Waals surface area contributed by atoms with Crippen LogP contribution in [0.1, 0.15) is 12.5 Å². The van der Waals surface area contributed by atoms with Crippen molar-refractivity contribution in [1.82, 2.24) is 4.72 Å². The molecule has 0 saturated heterocycles. The lowest BCUT2D eigenvalue weighted by molar-refractivity contribution is -0.137. The Bertz CT molecular complexity index is 586. The molecule has 4 nitrogen and oxygen atoms in total. The summed E-state index contributed by atoms with van der Waals surface area (Å²) in [6.45, 7) is 1.16. The monoisotopic (exact) mass is 343 g/mol. The molecule has 0 saturated carbocycles. The van der Waals surface area contributed by atoms with Gasteiger partial charge in [-0.05, 0) is 31.4 Å². The second-order valence-corrected chi connectivity index (χ2v) is 7.41. The van der Waals surface area contributed by atoms with E-state index in [0.29, 0.717) is 6.07 Å². The van der Waals surface area contributed by atoms with Gasteiger partial charge in [0.2, 0.25) is 10.0 Å². The van der Waals surface area contributed by atoms with E-state index in [2.05, 4.69) is 4.72 Å². The number of sulfonamides is 1. The molecule has 1 atom stereocenters. The number of hydrogen-bond donors (Lipinski definition) is 2. The molecule has 0 amide bonds. The predicted octanol–water partition coefficient (Wildman–Crippen LogP) is 2.10. The summed E-state index contributed by atoms with van der Waals surface area (Å²) in [4.78, 5) is -0.489. The lowest BCUT2D eigenvalue weighted by Crippen LogP contribution is -2.42. The zero-order valence-corrected chi connectivity index (χ0v) is 13.1. The van der Waals surface area contributed by atoms with Gasteiger partial charge in [0.05, 0.1) is 16.1 Å². The molecule has 0 unspecified atom stereocenters. The summed E-state index contributed by atoms with van der Waals surface area (Å²) in [6, 6.07) is 3.45. The Morgan fingerprint density at radius 1 is 1.33 bits per heavy atom. The van der Waals surface area contributed by atoms with Gasteiger partial charge in [0, 0.05) is 12.3 Å². The normalized spacial score (nSPS) is 15.7. The molecule has 0 aromatic heterocycles. The minimum atomic E-state index is -4.62. The van der Waals surface area contributed by atoms with E-state index in [0.717, 1.165) is 18.2 Å². The minimum absolute atomic E-state index is 0.285. The van der Waals surface area contributed by atoms with Gasteiger partial charge < -0.3 is 5.11 Å². The predicted molar refractivity (Wildman–Crippen MR) is 75.6 cm³/mol. The highest BCUT2D eigenvalue weighted by molar-refractivity contribution is 7.98. The fourth-order valence-electron chi connectivity index (χ4n) is 1.54. The summed E-state index contributed by atoms with van der Waals surface area (Å²) in [7, 11) is -4.11. The number of rotatable bonds is 6. The molecule has 0 aliphatic carbocycles. The first-order valence-corrected chi connectivity index (χ1v) is 8.74. The van der Waals surface area contributed by atoms with Crippen molar-refractivity contribution in [1.29, 1.82) is 0 Å². The highest BCUT2D eigenvalue weighted by atomic mass is 32.2. The molecule has 1 aromatic carbocycles. The topological polar surface area (TPSA) is 66.4 Å². The van der Waals surface area contributed by atoms with Gasteiger partial charge >= 0.3 is 6.18 Å². The van der Waals surface area contributed by atoms with Crippen LogP contribution in [0.3, 0.4) is 0 Å². The fourth-order valence-corrected chi connectivity index (χ4v) is 3.47. The molecule has 0 heterocycles. The fraction of sp³-hybridized carbons (Fsp3) is 0.500. The van der Waals surface area contributed by atoms with Crippen LogP contribution in [0.25, 0.3) is 0 Å². The molecule has 21 heavy (non-hydrogen) atoms. The molecule has 0 fully saturated rings. The van der Waals surface area contributed by atoms with Crippen LogP contribution < -0.4 is 4.72 Å². The summed E-state index contributed by atoms with van der Waals surface area (Å²) in [5, 5.41) is 9.88. The van der Waals surface area contributed by atoms with Crippen LogP contribution in [0.5, 0.6) is 0 Å². The molecule has 0 spiro atoms. The van der Waals surface area contributed by atoms with Gasteiger partial charge in [-0.15, -0.1) is 0 Å². The molecule has 0 aliphatic heterocycles. The molecule has 0 radical (unpaired) electrons. The van der Waals surface area contributed by atoms with Crippen LogP contribution in [0.2, 0.25) is 0 Å². The third-order valence-corrected chi connectivity index (χ3v) is 4.88. The van der Waals surface area contributed by atoms with Gasteiger partial charge in [0.15, 0.2) is 0 Å². The largest absolute Gasteiger partial charge is 0.416 e. The second kappa shape index (κ2) is 6.55. The van der Waals surface area contributed by atoms with Crippen molar-refractivity contribution in [2.24, 2.45) is 0 Å². The van der Waals surface area contributed by atoms with E-state index in [-0.39, 0.29) is 12.3 Å². The number of benzene rings is 1. The van der Waals surface area contributed by atoms with Crippen molar-refractivity contribution >= 4 is 21.8 Å². The van der Waals surface area contributed by atoms with E-state index >= 15 is 0 Å². The summed E-state index contributed by atoms with van der Waals surface area (Å²) in [5.74, 6) is 0.290. The van der Waals surface area contributed by atoms with E-state index in [1.165, 1.54) is 18.7 Å². The smallest absolute Gasteiger partial charge is 0.388 e. The van der Waals surface area contributed by atoms with Crippen LogP contribution in [0.15, 0.2) is 29.2 Å². The zero-order valence-electron chi connectivity index (χ0n) is 11.4. The van der Waals surface area contributed by atoms with Crippen molar-refractivity contribution in [3.8, 4) is 0 Å². The first-order chi connectivity index (χ1) is 9.48. The average Bonchev–Trinajstić information content (AvgIpc) is 2.36. The molecule has 0 bridgehead atoms.